The largest absolute Gasteiger partial charge is 0.436 e. The maximum Gasteiger partial charge on any atom is 0.436 e. The zero-order valence-corrected chi connectivity index (χ0v) is 17.0. The van der Waals surface area contributed by atoms with Crippen LogP contribution in [0.1, 0.15) is 47.5 Å². The van der Waals surface area contributed by atoms with Gasteiger partial charge in [-0.15, -0.1) is 10.2 Å². The lowest BCUT2D eigenvalue weighted by Gasteiger charge is -2.09. The first-order chi connectivity index (χ1) is 13.0. The van der Waals surface area contributed by atoms with Crippen LogP contribution in [0.15, 0.2) is 4.42 Å². The van der Waals surface area contributed by atoms with Gasteiger partial charge in [-0.05, 0) is 27.7 Å². The number of rotatable bonds is 5. The summed E-state index contributed by atoms with van der Waals surface area (Å²) < 4.78 is 47.5. The zero-order chi connectivity index (χ0) is 20.8. The standard InChI is InChI=1S/C16H17Cl2F3N6O/c1-7-12(17)8(2)26(24-7)6-5-11-22-23-15(28-11)10(4)27-9(3)13(18)14(25-27)16(19,20)21/h10H,5-6H2,1-4H3. The minimum absolute atomic E-state index is 0.136. The summed E-state index contributed by atoms with van der Waals surface area (Å²) in [4.78, 5) is 0. The quantitative estimate of drug-likeness (QED) is 0.585. The van der Waals surface area contributed by atoms with Crippen molar-refractivity contribution in [2.75, 3.05) is 0 Å². The summed E-state index contributed by atoms with van der Waals surface area (Å²) in [5.74, 6) is 0.467. The number of aryl methyl sites for hydroxylation is 3. The Kier molecular flexibility index (Phi) is 5.46. The van der Waals surface area contributed by atoms with E-state index in [-0.39, 0.29) is 11.6 Å². The summed E-state index contributed by atoms with van der Waals surface area (Å²) in [7, 11) is 0. The average Bonchev–Trinajstić information content (AvgIpc) is 3.27. The van der Waals surface area contributed by atoms with Gasteiger partial charge >= 0.3 is 6.18 Å². The van der Waals surface area contributed by atoms with Gasteiger partial charge in [-0.3, -0.25) is 9.36 Å². The summed E-state index contributed by atoms with van der Waals surface area (Å²) in [5, 5.41) is 16.0. The van der Waals surface area contributed by atoms with Gasteiger partial charge in [-0.2, -0.15) is 23.4 Å². The number of nitrogens with zero attached hydrogens (tertiary/aromatic N) is 6. The number of hydrogen-bond donors (Lipinski definition) is 0. The second kappa shape index (κ2) is 7.40. The molecule has 0 radical (unpaired) electrons. The molecule has 1 unspecified atom stereocenters. The van der Waals surface area contributed by atoms with E-state index in [4.69, 9.17) is 27.6 Å². The van der Waals surface area contributed by atoms with Crippen LogP contribution in [-0.2, 0) is 19.1 Å². The Morgan fingerprint density at radius 2 is 1.71 bits per heavy atom. The van der Waals surface area contributed by atoms with Gasteiger partial charge in [-0.25, -0.2) is 0 Å². The number of hydrogen-bond acceptors (Lipinski definition) is 5. The van der Waals surface area contributed by atoms with Crippen LogP contribution in [0, 0.1) is 20.8 Å². The predicted molar refractivity (Wildman–Crippen MR) is 95.5 cm³/mol. The molecule has 0 saturated heterocycles. The Morgan fingerprint density at radius 1 is 1.04 bits per heavy atom. The summed E-state index contributed by atoms with van der Waals surface area (Å²) >= 11 is 11.9. The molecule has 0 spiro atoms. The molecule has 7 nitrogen and oxygen atoms in total. The molecule has 3 aromatic heterocycles. The molecule has 152 valence electrons. The summed E-state index contributed by atoms with van der Waals surface area (Å²) in [6, 6.07) is -0.710. The second-order valence-electron chi connectivity index (χ2n) is 6.36. The Bertz CT molecular complexity index is 1010. The van der Waals surface area contributed by atoms with Gasteiger partial charge in [-0.1, -0.05) is 23.2 Å². The Hall–Kier alpha value is -2.07. The van der Waals surface area contributed by atoms with Crippen LogP contribution in [-0.4, -0.2) is 29.8 Å². The molecule has 28 heavy (non-hydrogen) atoms. The van der Waals surface area contributed by atoms with Gasteiger partial charge in [0, 0.05) is 13.0 Å². The third kappa shape index (κ3) is 3.75. The lowest BCUT2D eigenvalue weighted by molar-refractivity contribution is -0.141. The fourth-order valence-corrected chi connectivity index (χ4v) is 3.16. The Labute approximate surface area is 168 Å². The van der Waals surface area contributed by atoms with Gasteiger partial charge in [0.1, 0.15) is 6.04 Å². The van der Waals surface area contributed by atoms with Crippen LogP contribution in [0.2, 0.25) is 10.0 Å². The van der Waals surface area contributed by atoms with Gasteiger partial charge in [0.2, 0.25) is 11.8 Å². The molecule has 0 saturated carbocycles. The number of halogens is 5. The molecule has 0 aliphatic rings. The fourth-order valence-electron chi connectivity index (χ4n) is 2.79. The topological polar surface area (TPSA) is 74.6 Å². The lowest BCUT2D eigenvalue weighted by Crippen LogP contribution is -2.13. The minimum Gasteiger partial charge on any atom is -0.423 e. The first-order valence-electron chi connectivity index (χ1n) is 8.34. The highest BCUT2D eigenvalue weighted by Crippen LogP contribution is 2.36. The van der Waals surface area contributed by atoms with E-state index in [0.29, 0.717) is 23.9 Å². The highest BCUT2D eigenvalue weighted by Gasteiger charge is 2.39. The molecule has 0 aromatic carbocycles. The monoisotopic (exact) mass is 436 g/mol. The van der Waals surface area contributed by atoms with Crippen LogP contribution in [0.3, 0.4) is 0 Å². The van der Waals surface area contributed by atoms with E-state index in [1.54, 1.807) is 11.6 Å². The summed E-state index contributed by atoms with van der Waals surface area (Å²) in [5.41, 5.74) is 0.581. The van der Waals surface area contributed by atoms with Crippen molar-refractivity contribution in [1.29, 1.82) is 0 Å². The molecular weight excluding hydrogens is 420 g/mol. The normalized spacial score (nSPS) is 13.3. The van der Waals surface area contributed by atoms with Crippen LogP contribution >= 0.6 is 23.2 Å². The molecule has 3 aromatic rings. The molecule has 3 heterocycles. The first-order valence-corrected chi connectivity index (χ1v) is 9.09. The maximum absolute atomic E-state index is 13.0. The van der Waals surface area contributed by atoms with E-state index >= 15 is 0 Å². The summed E-state index contributed by atoms with van der Waals surface area (Å²) in [6.07, 6.45) is -4.25. The SMILES string of the molecule is Cc1nn(CCc2nnc(C(C)n3nc(C(F)(F)F)c(Cl)c3C)o2)c(C)c1Cl. The van der Waals surface area contributed by atoms with Crippen molar-refractivity contribution < 1.29 is 17.6 Å². The first kappa shape index (κ1) is 20.7. The fraction of sp³-hybridized carbons (Fsp3) is 0.500. The van der Waals surface area contributed by atoms with E-state index in [0.717, 1.165) is 16.1 Å². The summed E-state index contributed by atoms with van der Waals surface area (Å²) in [6.45, 7) is 7.19. The Balaban J connectivity index is 1.77. The zero-order valence-electron chi connectivity index (χ0n) is 15.5. The van der Waals surface area contributed by atoms with E-state index in [2.05, 4.69) is 20.4 Å². The van der Waals surface area contributed by atoms with Crippen molar-refractivity contribution in [1.82, 2.24) is 29.8 Å². The highest BCUT2D eigenvalue weighted by molar-refractivity contribution is 6.32. The molecule has 0 amide bonds. The molecule has 0 fully saturated rings. The average molecular weight is 437 g/mol. The van der Waals surface area contributed by atoms with E-state index in [1.807, 2.05) is 13.8 Å². The van der Waals surface area contributed by atoms with Gasteiger partial charge in [0.15, 0.2) is 5.69 Å². The third-order valence-electron chi connectivity index (χ3n) is 4.38. The number of alkyl halides is 3. The van der Waals surface area contributed by atoms with Crippen LogP contribution in [0.25, 0.3) is 0 Å². The van der Waals surface area contributed by atoms with Crippen molar-refractivity contribution in [2.45, 2.75) is 52.9 Å². The molecule has 0 aliphatic heterocycles. The maximum atomic E-state index is 13.0. The molecule has 0 aliphatic carbocycles. The van der Waals surface area contributed by atoms with Gasteiger partial charge < -0.3 is 4.42 Å². The molecular formula is C16H17Cl2F3N6O. The molecule has 1 atom stereocenters. The van der Waals surface area contributed by atoms with Crippen molar-refractivity contribution >= 4 is 23.2 Å². The lowest BCUT2D eigenvalue weighted by atomic mass is 10.3. The molecule has 3 rings (SSSR count). The third-order valence-corrected chi connectivity index (χ3v) is 5.38. The van der Waals surface area contributed by atoms with E-state index in [1.165, 1.54) is 6.92 Å². The minimum atomic E-state index is -4.64. The van der Waals surface area contributed by atoms with Gasteiger partial charge in [0.05, 0.1) is 27.1 Å². The van der Waals surface area contributed by atoms with Crippen LogP contribution in [0.4, 0.5) is 13.2 Å². The highest BCUT2D eigenvalue weighted by atomic mass is 35.5. The smallest absolute Gasteiger partial charge is 0.423 e. The second-order valence-corrected chi connectivity index (χ2v) is 7.11. The molecule has 0 bridgehead atoms. The van der Waals surface area contributed by atoms with E-state index in [9.17, 15) is 13.2 Å². The van der Waals surface area contributed by atoms with Crippen LogP contribution < -0.4 is 0 Å². The van der Waals surface area contributed by atoms with Crippen LogP contribution in [0.5, 0.6) is 0 Å². The van der Waals surface area contributed by atoms with Crippen molar-refractivity contribution in [3.63, 3.8) is 0 Å². The van der Waals surface area contributed by atoms with Crippen molar-refractivity contribution in [3.8, 4) is 0 Å². The van der Waals surface area contributed by atoms with E-state index < -0.39 is 22.9 Å². The Morgan fingerprint density at radius 3 is 2.25 bits per heavy atom. The predicted octanol–water partition coefficient (Wildman–Crippen LogP) is 4.57. The van der Waals surface area contributed by atoms with Crippen molar-refractivity contribution in [2.24, 2.45) is 0 Å². The number of aromatic nitrogens is 6. The van der Waals surface area contributed by atoms with Gasteiger partial charge in [0.25, 0.3) is 0 Å². The molecule has 0 N–H and O–H groups in total. The van der Waals surface area contributed by atoms with Crippen molar-refractivity contribution in [3.05, 3.63) is 44.6 Å². The molecule has 12 heteroatoms.